The third kappa shape index (κ3) is 5.48. The van der Waals surface area contributed by atoms with Crippen molar-refractivity contribution in [3.05, 3.63) is 103 Å². The number of carbonyl (C=O) groups is 2. The van der Waals surface area contributed by atoms with Crippen LogP contribution in [-0.4, -0.2) is 34.0 Å². The number of rotatable bonds is 6. The summed E-state index contributed by atoms with van der Waals surface area (Å²) in [5.41, 5.74) is 2.79. The van der Waals surface area contributed by atoms with Crippen LogP contribution in [0.1, 0.15) is 127 Å². The quantitative estimate of drug-likeness (QED) is 0.162. The summed E-state index contributed by atoms with van der Waals surface area (Å²) in [5.74, 6) is -0.267. The number of fused-ring (bicyclic) bond motifs is 7. The van der Waals surface area contributed by atoms with Crippen molar-refractivity contribution in [3.8, 4) is 0 Å². The second-order valence-corrected chi connectivity index (χ2v) is 19.0. The molecule has 2 aromatic carbocycles. The lowest BCUT2D eigenvalue weighted by atomic mass is 9.35. The highest BCUT2D eigenvalue weighted by molar-refractivity contribution is 5.90. The van der Waals surface area contributed by atoms with Crippen LogP contribution in [0.15, 0.2) is 71.8 Å². The van der Waals surface area contributed by atoms with Crippen LogP contribution in [0, 0.1) is 64.6 Å². The number of hydrogen-bond acceptors (Lipinski definition) is 8. The highest BCUT2D eigenvalue weighted by Crippen LogP contribution is 2.75. The summed E-state index contributed by atoms with van der Waals surface area (Å²) in [6.45, 7) is 18.9. The molecule has 5 aliphatic rings. The molecule has 10 nitrogen and oxygen atoms in total. The number of allylic oxidation sites excluding steroid dienone is 4. The molecule has 0 bridgehead atoms. The maximum atomic E-state index is 13.3. The van der Waals surface area contributed by atoms with E-state index in [2.05, 4.69) is 67.5 Å². The average molecular weight is 739 g/mol. The van der Waals surface area contributed by atoms with Crippen molar-refractivity contribution in [3.63, 3.8) is 0 Å². The van der Waals surface area contributed by atoms with Gasteiger partial charge in [-0.25, -0.2) is 9.59 Å². The van der Waals surface area contributed by atoms with Gasteiger partial charge in [0, 0.05) is 35.1 Å². The minimum absolute atomic E-state index is 0.0436. The van der Waals surface area contributed by atoms with Crippen molar-refractivity contribution in [1.82, 2.24) is 0 Å². The van der Waals surface area contributed by atoms with Crippen molar-refractivity contribution in [2.24, 2.45) is 44.3 Å². The van der Waals surface area contributed by atoms with Gasteiger partial charge in [-0.2, -0.15) is 0 Å². The Hall–Kier alpha value is -4.34. The molecule has 0 aliphatic heterocycles. The second kappa shape index (κ2) is 12.6. The summed E-state index contributed by atoms with van der Waals surface area (Å²) in [4.78, 5) is 47.9. The van der Waals surface area contributed by atoms with E-state index in [4.69, 9.17) is 9.47 Å². The Kier molecular flexibility index (Phi) is 8.86. The molecule has 0 aromatic heterocycles. The van der Waals surface area contributed by atoms with Gasteiger partial charge in [0.25, 0.3) is 11.4 Å². The number of hydrogen-bond donors (Lipinski definition) is 0. The Morgan fingerprint density at radius 2 is 0.889 bits per heavy atom. The Morgan fingerprint density at radius 3 is 1.20 bits per heavy atom. The van der Waals surface area contributed by atoms with E-state index >= 15 is 0 Å². The molecule has 5 aliphatic carbocycles. The molecule has 8 atom stereocenters. The smallest absolute Gasteiger partial charge is 0.338 e. The van der Waals surface area contributed by atoms with Crippen LogP contribution in [0.4, 0.5) is 11.4 Å². The van der Waals surface area contributed by atoms with Crippen molar-refractivity contribution in [2.45, 2.75) is 119 Å². The average Bonchev–Trinajstić information content (AvgIpc) is 3.11. The van der Waals surface area contributed by atoms with E-state index in [0.717, 1.165) is 51.4 Å². The van der Waals surface area contributed by atoms with Crippen LogP contribution >= 0.6 is 0 Å². The Balaban J connectivity index is 1.13. The van der Waals surface area contributed by atoms with E-state index in [-0.39, 0.29) is 56.1 Å². The van der Waals surface area contributed by atoms with Gasteiger partial charge in [-0.3, -0.25) is 20.2 Å². The molecule has 0 N–H and O–H groups in total. The van der Waals surface area contributed by atoms with Crippen molar-refractivity contribution in [1.29, 1.82) is 0 Å². The normalized spacial score (nSPS) is 36.1. The minimum atomic E-state index is -0.472. The Bertz CT molecular complexity index is 1820. The summed E-state index contributed by atoms with van der Waals surface area (Å²) in [5, 5.41) is 22.3. The molecular formula is C44H54N2O8. The number of esters is 2. The number of nitro benzene ring substituents is 2. The minimum Gasteiger partial charge on any atom is -0.458 e. The predicted octanol–water partition coefficient (Wildman–Crippen LogP) is 10.6. The standard InChI is InChI=1S/C44H54N2O8/c1-39(2)31-19-25-43(7)33(41(31,5)23-21-35(39)53-37(47)27-9-13-29(14-10-27)45(49)50)17-18-34-42(6)24-22-36(40(3,4)32(42)20-26-44(34,43)8)54-38(48)28-11-15-30(16-12-28)46(51)52/h9-18,31-32,35-36H,19-26H2,1-8H3/t31-,32-,35-,36-,41-,42-,43+,44+/m0/s1. The summed E-state index contributed by atoms with van der Waals surface area (Å²) in [6.07, 6.45) is 11.8. The monoisotopic (exact) mass is 738 g/mol. The molecule has 0 heterocycles. The van der Waals surface area contributed by atoms with Gasteiger partial charge in [0.05, 0.1) is 21.0 Å². The van der Waals surface area contributed by atoms with Crippen LogP contribution in [0.25, 0.3) is 0 Å². The molecule has 7 rings (SSSR count). The first kappa shape index (κ1) is 38.0. The molecular weight excluding hydrogens is 684 g/mol. The molecule has 0 radical (unpaired) electrons. The van der Waals surface area contributed by atoms with Gasteiger partial charge in [-0.05, 0) is 109 Å². The highest BCUT2D eigenvalue weighted by atomic mass is 16.6. The van der Waals surface area contributed by atoms with E-state index in [9.17, 15) is 29.8 Å². The van der Waals surface area contributed by atoms with E-state index in [1.165, 1.54) is 59.7 Å². The second-order valence-electron chi connectivity index (χ2n) is 19.0. The fourth-order valence-corrected chi connectivity index (χ4v) is 12.8. The third-order valence-corrected chi connectivity index (χ3v) is 15.9. The van der Waals surface area contributed by atoms with Crippen molar-refractivity contribution < 1.29 is 28.9 Å². The van der Waals surface area contributed by atoms with Crippen LogP contribution < -0.4 is 0 Å². The highest BCUT2D eigenvalue weighted by Gasteiger charge is 2.68. The molecule has 0 spiro atoms. The number of nitro groups is 2. The molecule has 288 valence electrons. The summed E-state index contributed by atoms with van der Waals surface area (Å²) in [7, 11) is 0. The molecule has 4 saturated carbocycles. The van der Waals surface area contributed by atoms with E-state index in [1.54, 1.807) is 0 Å². The van der Waals surface area contributed by atoms with Crippen molar-refractivity contribution in [2.75, 3.05) is 0 Å². The largest absolute Gasteiger partial charge is 0.458 e. The maximum absolute atomic E-state index is 13.3. The predicted molar refractivity (Wildman–Crippen MR) is 205 cm³/mol. The molecule has 2 aromatic rings. The first-order valence-corrected chi connectivity index (χ1v) is 19.5. The summed E-state index contributed by atoms with van der Waals surface area (Å²) < 4.78 is 12.4. The molecule has 54 heavy (non-hydrogen) atoms. The fourth-order valence-electron chi connectivity index (χ4n) is 12.8. The molecule has 0 unspecified atom stereocenters. The zero-order chi connectivity index (χ0) is 39.2. The van der Waals surface area contributed by atoms with Gasteiger partial charge in [-0.1, -0.05) is 78.7 Å². The number of nitrogens with zero attached hydrogens (tertiary/aromatic N) is 2. The molecule has 4 fully saturated rings. The third-order valence-electron chi connectivity index (χ3n) is 15.9. The molecule has 0 amide bonds. The van der Waals surface area contributed by atoms with Crippen LogP contribution in [0.2, 0.25) is 0 Å². The summed E-state index contributed by atoms with van der Waals surface area (Å²) >= 11 is 0. The lowest BCUT2D eigenvalue weighted by Crippen LogP contribution is -2.63. The molecule has 10 heteroatoms. The van der Waals surface area contributed by atoms with Crippen molar-refractivity contribution >= 4 is 23.3 Å². The number of ether oxygens (including phenoxy) is 2. The number of benzene rings is 2. The van der Waals surface area contributed by atoms with Crippen LogP contribution in [0.5, 0.6) is 0 Å². The van der Waals surface area contributed by atoms with Gasteiger partial charge in [0.15, 0.2) is 0 Å². The van der Waals surface area contributed by atoms with Crippen LogP contribution in [0.3, 0.4) is 0 Å². The summed E-state index contributed by atoms with van der Waals surface area (Å²) in [6, 6.07) is 11.3. The first-order valence-electron chi connectivity index (χ1n) is 19.5. The molecule has 0 saturated heterocycles. The van der Waals surface area contributed by atoms with Crippen LogP contribution in [-0.2, 0) is 9.47 Å². The van der Waals surface area contributed by atoms with E-state index < -0.39 is 21.8 Å². The van der Waals surface area contributed by atoms with Gasteiger partial charge in [0.1, 0.15) is 12.2 Å². The lowest BCUT2D eigenvalue weighted by Gasteiger charge is -2.70. The van der Waals surface area contributed by atoms with Gasteiger partial charge >= 0.3 is 11.9 Å². The zero-order valence-electron chi connectivity index (χ0n) is 32.9. The fraction of sp³-hybridized carbons (Fsp3) is 0.591. The lowest BCUT2D eigenvalue weighted by molar-refractivity contribution is -0.385. The van der Waals surface area contributed by atoms with E-state index in [0.29, 0.717) is 23.0 Å². The zero-order valence-corrected chi connectivity index (χ0v) is 32.9. The maximum Gasteiger partial charge on any atom is 0.338 e. The van der Waals surface area contributed by atoms with Gasteiger partial charge < -0.3 is 9.47 Å². The SMILES string of the molecule is CC1(C)[C@@H](OC(=O)c2ccc([N+](=O)[O-])cc2)CC[C@]2(C)C3=CC=C4[C@@]5(C)CC[C@H](OC(=O)c6ccc([N+](=O)[O-])cc6)C(C)(C)[C@@H]5CC[C@@]4(C)[C@]3(C)CC[C@@H]12. The Morgan fingerprint density at radius 1 is 0.556 bits per heavy atom. The van der Waals surface area contributed by atoms with E-state index in [1.807, 2.05) is 0 Å². The number of carbonyl (C=O) groups excluding carboxylic acids is 2. The first-order chi connectivity index (χ1) is 25.2. The number of non-ortho nitro benzene ring substituents is 2. The topological polar surface area (TPSA) is 139 Å². The van der Waals surface area contributed by atoms with Gasteiger partial charge in [-0.15, -0.1) is 0 Å². The Labute approximate surface area is 318 Å². The van der Waals surface area contributed by atoms with Gasteiger partial charge in [0.2, 0.25) is 0 Å².